The molecule has 0 unspecified atom stereocenters. The molecule has 19 heavy (non-hydrogen) atoms. The van der Waals surface area contributed by atoms with Crippen molar-refractivity contribution in [3.05, 3.63) is 17.5 Å². The van der Waals surface area contributed by atoms with E-state index in [-0.39, 0.29) is 0 Å². The van der Waals surface area contributed by atoms with Crippen LogP contribution in [0.3, 0.4) is 0 Å². The summed E-state index contributed by atoms with van der Waals surface area (Å²) in [6, 6.07) is 2.38. The Bertz CT molecular complexity index is 394. The van der Waals surface area contributed by atoms with E-state index < -0.39 is 0 Å². The van der Waals surface area contributed by atoms with Gasteiger partial charge in [-0.3, -0.25) is 4.99 Å². The maximum absolute atomic E-state index is 5.35. The summed E-state index contributed by atoms with van der Waals surface area (Å²) in [5.74, 6) is 2.11. The summed E-state index contributed by atoms with van der Waals surface area (Å²) < 4.78 is 5.35. The molecule has 0 aliphatic heterocycles. The highest BCUT2D eigenvalue weighted by Gasteiger charge is 2.13. The van der Waals surface area contributed by atoms with Crippen molar-refractivity contribution in [1.82, 2.24) is 15.8 Å². The number of hydrogen-bond donors (Lipinski definition) is 2. The second-order valence-corrected chi connectivity index (χ2v) is 4.96. The largest absolute Gasteiger partial charge is 0.359 e. The van der Waals surface area contributed by atoms with Crippen molar-refractivity contribution in [3.63, 3.8) is 0 Å². The first-order chi connectivity index (χ1) is 9.10. The van der Waals surface area contributed by atoms with Crippen molar-refractivity contribution < 1.29 is 4.52 Å². The average Bonchev–Trinajstić information content (AvgIpc) is 2.84. The predicted octanol–water partition coefficient (Wildman–Crippen LogP) is 2.65. The molecule has 0 aliphatic carbocycles. The number of nitrogens with one attached hydrogen (secondary N) is 2. The maximum atomic E-state index is 5.35. The minimum atomic E-state index is 0.348. The van der Waals surface area contributed by atoms with Gasteiger partial charge in [-0.1, -0.05) is 19.0 Å². The highest BCUT2D eigenvalue weighted by Crippen LogP contribution is 2.22. The summed E-state index contributed by atoms with van der Waals surface area (Å²) in [5.41, 5.74) is 1.05. The minimum absolute atomic E-state index is 0.348. The zero-order chi connectivity index (χ0) is 14.3. The molecule has 0 atom stereocenters. The third kappa shape index (κ3) is 4.93. The summed E-state index contributed by atoms with van der Waals surface area (Å²) in [6.45, 7) is 9.10. The van der Waals surface area contributed by atoms with Crippen molar-refractivity contribution in [2.24, 2.45) is 4.99 Å². The van der Waals surface area contributed by atoms with Gasteiger partial charge >= 0.3 is 0 Å². The van der Waals surface area contributed by atoms with Crippen LogP contribution in [0, 0.1) is 0 Å². The third-order valence-electron chi connectivity index (χ3n) is 3.06. The molecule has 0 aromatic carbocycles. The lowest BCUT2D eigenvalue weighted by Crippen LogP contribution is -2.40. The zero-order valence-electron chi connectivity index (χ0n) is 12.7. The number of rotatable bonds is 6. The van der Waals surface area contributed by atoms with E-state index in [4.69, 9.17) is 4.52 Å². The molecular formula is C14H26N4O. The molecule has 2 N–H and O–H groups in total. The molecule has 1 rings (SSSR count). The average molecular weight is 266 g/mol. The van der Waals surface area contributed by atoms with E-state index in [9.17, 15) is 0 Å². The Balaban J connectivity index is 2.54. The number of nitrogens with zero attached hydrogens (tertiary/aromatic N) is 2. The maximum Gasteiger partial charge on any atom is 0.191 e. The van der Waals surface area contributed by atoms with Crippen LogP contribution in [0.15, 0.2) is 15.6 Å². The monoisotopic (exact) mass is 266 g/mol. The van der Waals surface area contributed by atoms with Crippen LogP contribution in [-0.2, 0) is 6.54 Å². The summed E-state index contributed by atoms with van der Waals surface area (Å²) in [4.78, 5) is 4.15. The van der Waals surface area contributed by atoms with Crippen LogP contribution in [-0.4, -0.2) is 24.2 Å². The van der Waals surface area contributed by atoms with Gasteiger partial charge in [0.05, 0.1) is 12.2 Å². The van der Waals surface area contributed by atoms with Gasteiger partial charge in [-0.15, -0.1) is 0 Å². The minimum Gasteiger partial charge on any atom is -0.359 e. The van der Waals surface area contributed by atoms with Gasteiger partial charge in [0.25, 0.3) is 0 Å². The molecule has 1 heterocycles. The first-order valence-electron chi connectivity index (χ1n) is 7.03. The van der Waals surface area contributed by atoms with E-state index in [1.807, 2.05) is 6.07 Å². The Morgan fingerprint density at radius 1 is 1.37 bits per heavy atom. The number of aliphatic imine (C=N–C) groups is 1. The standard InChI is InChI=1S/C14H26N4O/c1-6-11(7-2)13-8-12(19-18-13)9-16-14(15-5)17-10(3)4/h8,10-11H,6-7,9H2,1-5H3,(H2,15,16,17). The Labute approximate surface area is 115 Å². The van der Waals surface area contributed by atoms with Crippen LogP contribution in [0.1, 0.15) is 57.9 Å². The van der Waals surface area contributed by atoms with Gasteiger partial charge in [0.1, 0.15) is 0 Å². The van der Waals surface area contributed by atoms with Gasteiger partial charge in [-0.25, -0.2) is 0 Å². The number of hydrogen-bond acceptors (Lipinski definition) is 3. The zero-order valence-corrected chi connectivity index (χ0v) is 12.7. The fourth-order valence-electron chi connectivity index (χ4n) is 1.95. The van der Waals surface area contributed by atoms with Crippen LogP contribution in [0.25, 0.3) is 0 Å². The molecule has 0 saturated carbocycles. The van der Waals surface area contributed by atoms with Gasteiger partial charge in [0.15, 0.2) is 11.7 Å². The van der Waals surface area contributed by atoms with Gasteiger partial charge in [0.2, 0.25) is 0 Å². The third-order valence-corrected chi connectivity index (χ3v) is 3.06. The van der Waals surface area contributed by atoms with E-state index in [2.05, 4.69) is 48.5 Å². The highest BCUT2D eigenvalue weighted by molar-refractivity contribution is 5.79. The quantitative estimate of drug-likeness (QED) is 0.614. The second-order valence-electron chi connectivity index (χ2n) is 4.96. The topological polar surface area (TPSA) is 62.5 Å². The van der Waals surface area contributed by atoms with Crippen LogP contribution >= 0.6 is 0 Å². The normalized spacial score (nSPS) is 12.3. The molecular weight excluding hydrogens is 240 g/mol. The fraction of sp³-hybridized carbons (Fsp3) is 0.714. The van der Waals surface area contributed by atoms with Crippen LogP contribution in [0.5, 0.6) is 0 Å². The van der Waals surface area contributed by atoms with Crippen LogP contribution < -0.4 is 10.6 Å². The molecule has 0 aliphatic rings. The molecule has 0 amide bonds. The summed E-state index contributed by atoms with van der Waals surface area (Å²) in [5, 5.41) is 10.6. The Morgan fingerprint density at radius 3 is 2.58 bits per heavy atom. The number of guanidine groups is 1. The molecule has 0 fully saturated rings. The lowest BCUT2D eigenvalue weighted by Gasteiger charge is -2.13. The highest BCUT2D eigenvalue weighted by atomic mass is 16.5. The Kier molecular flexibility index (Phi) is 6.39. The van der Waals surface area contributed by atoms with Crippen molar-refractivity contribution in [2.45, 2.75) is 59.0 Å². The van der Waals surface area contributed by atoms with E-state index in [0.717, 1.165) is 30.3 Å². The van der Waals surface area contributed by atoms with Gasteiger partial charge < -0.3 is 15.2 Å². The molecule has 108 valence electrons. The summed E-state index contributed by atoms with van der Waals surface area (Å²) in [7, 11) is 1.76. The predicted molar refractivity (Wildman–Crippen MR) is 78.3 cm³/mol. The van der Waals surface area contributed by atoms with Crippen LogP contribution in [0.2, 0.25) is 0 Å². The van der Waals surface area contributed by atoms with Crippen molar-refractivity contribution in [3.8, 4) is 0 Å². The fourth-order valence-corrected chi connectivity index (χ4v) is 1.95. The van der Waals surface area contributed by atoms with E-state index in [0.29, 0.717) is 18.5 Å². The Morgan fingerprint density at radius 2 is 2.05 bits per heavy atom. The lowest BCUT2D eigenvalue weighted by molar-refractivity contribution is 0.368. The molecule has 5 nitrogen and oxygen atoms in total. The molecule has 1 aromatic heterocycles. The SMILES string of the molecule is CCC(CC)c1cc(CNC(=NC)NC(C)C)on1. The molecule has 0 saturated heterocycles. The van der Waals surface area contributed by atoms with Crippen LogP contribution in [0.4, 0.5) is 0 Å². The molecule has 1 aromatic rings. The first kappa shape index (κ1) is 15.5. The second kappa shape index (κ2) is 7.81. The molecule has 0 spiro atoms. The van der Waals surface area contributed by atoms with E-state index >= 15 is 0 Å². The van der Waals surface area contributed by atoms with Crippen molar-refractivity contribution in [1.29, 1.82) is 0 Å². The van der Waals surface area contributed by atoms with Gasteiger partial charge in [-0.05, 0) is 26.7 Å². The molecule has 5 heteroatoms. The van der Waals surface area contributed by atoms with Crippen molar-refractivity contribution in [2.75, 3.05) is 7.05 Å². The first-order valence-corrected chi connectivity index (χ1v) is 7.03. The summed E-state index contributed by atoms with van der Waals surface area (Å²) >= 11 is 0. The summed E-state index contributed by atoms with van der Waals surface area (Å²) in [6.07, 6.45) is 2.18. The van der Waals surface area contributed by atoms with Gasteiger partial charge in [-0.2, -0.15) is 0 Å². The molecule has 0 bridgehead atoms. The van der Waals surface area contributed by atoms with Gasteiger partial charge in [0, 0.05) is 25.1 Å². The van der Waals surface area contributed by atoms with E-state index in [1.54, 1.807) is 7.05 Å². The smallest absolute Gasteiger partial charge is 0.191 e. The molecule has 0 radical (unpaired) electrons. The van der Waals surface area contributed by atoms with Crippen molar-refractivity contribution >= 4 is 5.96 Å². The lowest BCUT2D eigenvalue weighted by atomic mass is 9.99. The number of aromatic nitrogens is 1. The Hall–Kier alpha value is -1.52. The van der Waals surface area contributed by atoms with E-state index in [1.165, 1.54) is 0 Å².